The summed E-state index contributed by atoms with van der Waals surface area (Å²) in [5.41, 5.74) is 6.01. The molecule has 7 nitrogen and oxygen atoms in total. The number of piperidine rings is 1. The van der Waals surface area contributed by atoms with Crippen molar-refractivity contribution in [3.05, 3.63) is 23.2 Å². The van der Waals surface area contributed by atoms with Gasteiger partial charge in [0.05, 0.1) is 11.9 Å². The monoisotopic (exact) mass is 392 g/mol. The van der Waals surface area contributed by atoms with Crippen molar-refractivity contribution >= 4 is 40.2 Å². The van der Waals surface area contributed by atoms with Crippen molar-refractivity contribution in [2.75, 3.05) is 31.1 Å². The molecule has 27 heavy (non-hydrogen) atoms. The molecule has 0 spiro atoms. The van der Waals surface area contributed by atoms with Gasteiger partial charge in [-0.3, -0.25) is 9.59 Å². The van der Waals surface area contributed by atoms with Gasteiger partial charge in [0.25, 0.3) is 0 Å². The number of anilines is 1. The molecule has 0 saturated carbocycles. The maximum atomic E-state index is 12.9. The molecule has 2 N–H and O–H groups in total. The molecule has 2 aromatic rings. The molecule has 1 fully saturated rings. The van der Waals surface area contributed by atoms with Gasteiger partial charge >= 0.3 is 0 Å². The fraction of sp³-hybridized carbons (Fsp3) is 0.526. The molecule has 1 aromatic carbocycles. The zero-order chi connectivity index (χ0) is 19.6. The summed E-state index contributed by atoms with van der Waals surface area (Å²) in [6.07, 6.45) is 1.39. The quantitative estimate of drug-likeness (QED) is 0.815. The van der Waals surface area contributed by atoms with Crippen LogP contribution in [-0.2, 0) is 9.59 Å². The van der Waals surface area contributed by atoms with E-state index in [4.69, 9.17) is 21.9 Å². The Bertz CT molecular complexity index is 827. The van der Waals surface area contributed by atoms with Crippen molar-refractivity contribution < 1.29 is 14.1 Å². The van der Waals surface area contributed by atoms with Crippen molar-refractivity contribution in [1.29, 1.82) is 0 Å². The van der Waals surface area contributed by atoms with Crippen LogP contribution in [0.3, 0.4) is 0 Å². The van der Waals surface area contributed by atoms with E-state index in [-0.39, 0.29) is 24.3 Å². The Balaban J connectivity index is 1.67. The Morgan fingerprint density at radius 1 is 1.37 bits per heavy atom. The van der Waals surface area contributed by atoms with Gasteiger partial charge in [-0.05, 0) is 37.0 Å². The smallest absolute Gasteiger partial charge is 0.237 e. The van der Waals surface area contributed by atoms with E-state index in [0.717, 1.165) is 11.2 Å². The fourth-order valence-corrected chi connectivity index (χ4v) is 3.76. The van der Waals surface area contributed by atoms with Crippen LogP contribution in [0.4, 0.5) is 5.82 Å². The highest BCUT2D eigenvalue weighted by molar-refractivity contribution is 6.31. The molecular formula is C19H25ClN4O3. The van der Waals surface area contributed by atoms with E-state index in [2.05, 4.69) is 10.1 Å². The minimum absolute atomic E-state index is 0.00945. The minimum Gasteiger partial charge on any atom is -0.368 e. The summed E-state index contributed by atoms with van der Waals surface area (Å²) in [7, 11) is 0. The lowest BCUT2D eigenvalue weighted by atomic mass is 9.94. The largest absolute Gasteiger partial charge is 0.368 e. The van der Waals surface area contributed by atoms with Crippen LogP contribution >= 0.6 is 11.6 Å². The lowest BCUT2D eigenvalue weighted by Gasteiger charge is -2.34. The number of carbonyl (C=O) groups excluding carboxylic acids is 2. The molecule has 2 amide bonds. The van der Waals surface area contributed by atoms with Gasteiger partial charge in [-0.2, -0.15) is 0 Å². The summed E-state index contributed by atoms with van der Waals surface area (Å²) in [5, 5.41) is 5.69. The van der Waals surface area contributed by atoms with Gasteiger partial charge in [-0.1, -0.05) is 30.6 Å². The lowest BCUT2D eigenvalue weighted by molar-refractivity contribution is -0.139. The molecule has 0 radical (unpaired) electrons. The number of nitrogens with zero attached hydrogens (tertiary/aromatic N) is 3. The van der Waals surface area contributed by atoms with Gasteiger partial charge < -0.3 is 20.1 Å². The third kappa shape index (κ3) is 4.53. The van der Waals surface area contributed by atoms with Crippen molar-refractivity contribution in [3.8, 4) is 0 Å². The highest BCUT2D eigenvalue weighted by atomic mass is 35.5. The van der Waals surface area contributed by atoms with E-state index in [1.54, 1.807) is 17.0 Å². The first-order valence-corrected chi connectivity index (χ1v) is 9.60. The second-order valence-electron chi connectivity index (χ2n) is 7.49. The van der Waals surface area contributed by atoms with Gasteiger partial charge in [0.15, 0.2) is 11.4 Å². The molecule has 1 aliphatic rings. The maximum absolute atomic E-state index is 12.9. The lowest BCUT2D eigenvalue weighted by Crippen LogP contribution is -2.46. The van der Waals surface area contributed by atoms with Crippen LogP contribution < -0.4 is 10.6 Å². The molecule has 0 bridgehead atoms. The van der Waals surface area contributed by atoms with Crippen molar-refractivity contribution in [2.24, 2.45) is 17.6 Å². The molecule has 3 rings (SSSR count). The Hall–Kier alpha value is -2.28. The SMILES string of the molecule is CC(C)CN(CC(N)=O)C(=O)C1CCN(c2noc3ccc(Cl)cc23)CC1. The highest BCUT2D eigenvalue weighted by Crippen LogP contribution is 2.31. The van der Waals surface area contributed by atoms with Gasteiger partial charge in [-0.25, -0.2) is 0 Å². The number of aromatic nitrogens is 1. The zero-order valence-electron chi connectivity index (χ0n) is 15.7. The van der Waals surface area contributed by atoms with Crippen molar-refractivity contribution in [1.82, 2.24) is 10.1 Å². The number of primary amides is 1. The number of halogens is 1. The molecule has 0 aliphatic carbocycles. The number of amides is 2. The number of fused-ring (bicyclic) bond motifs is 1. The van der Waals surface area contributed by atoms with Crippen LogP contribution in [0.2, 0.25) is 5.02 Å². The Kier molecular flexibility index (Phi) is 5.89. The van der Waals surface area contributed by atoms with Crippen molar-refractivity contribution in [2.45, 2.75) is 26.7 Å². The van der Waals surface area contributed by atoms with Crippen LogP contribution in [0.1, 0.15) is 26.7 Å². The second kappa shape index (κ2) is 8.17. The van der Waals surface area contributed by atoms with Crippen molar-refractivity contribution in [3.63, 3.8) is 0 Å². The molecule has 8 heteroatoms. The summed E-state index contributed by atoms with van der Waals surface area (Å²) < 4.78 is 5.38. The Morgan fingerprint density at radius 3 is 2.70 bits per heavy atom. The number of benzene rings is 1. The maximum Gasteiger partial charge on any atom is 0.237 e. The van der Waals surface area contributed by atoms with Crippen LogP contribution in [0, 0.1) is 11.8 Å². The molecule has 146 valence electrons. The predicted molar refractivity (Wildman–Crippen MR) is 105 cm³/mol. The summed E-state index contributed by atoms with van der Waals surface area (Å²) in [4.78, 5) is 27.9. The topological polar surface area (TPSA) is 92.7 Å². The molecule has 1 aromatic heterocycles. The average Bonchev–Trinajstić information content (AvgIpc) is 3.03. The first-order valence-electron chi connectivity index (χ1n) is 9.22. The standard InChI is InChI=1S/C19H25ClN4O3/c1-12(2)10-24(11-17(21)25)19(26)13-5-7-23(8-6-13)18-15-9-14(20)3-4-16(15)27-22-18/h3-4,9,12-13H,5-8,10-11H2,1-2H3,(H2,21,25). The zero-order valence-corrected chi connectivity index (χ0v) is 16.4. The summed E-state index contributed by atoms with van der Waals surface area (Å²) >= 11 is 6.09. The first-order chi connectivity index (χ1) is 12.8. The third-order valence-electron chi connectivity index (χ3n) is 4.80. The van der Waals surface area contributed by atoms with Gasteiger partial charge in [-0.15, -0.1) is 0 Å². The van der Waals surface area contributed by atoms with Gasteiger partial charge in [0.1, 0.15) is 0 Å². The van der Waals surface area contributed by atoms with E-state index < -0.39 is 5.91 Å². The van der Waals surface area contributed by atoms with Crippen LogP contribution in [-0.4, -0.2) is 48.0 Å². The summed E-state index contributed by atoms with van der Waals surface area (Å²) in [5.74, 6) is 0.456. The molecule has 1 saturated heterocycles. The van der Waals surface area contributed by atoms with Gasteiger partial charge in [0, 0.05) is 30.6 Å². The minimum atomic E-state index is -0.479. The molecule has 0 atom stereocenters. The Morgan fingerprint density at radius 2 is 2.07 bits per heavy atom. The Labute approximate surface area is 163 Å². The van der Waals surface area contributed by atoms with E-state index in [1.165, 1.54) is 0 Å². The van der Waals surface area contributed by atoms with E-state index in [1.807, 2.05) is 19.9 Å². The van der Waals surface area contributed by atoms with Crippen LogP contribution in [0.5, 0.6) is 0 Å². The molecular weight excluding hydrogens is 368 g/mol. The number of nitrogens with two attached hydrogens (primary N) is 1. The predicted octanol–water partition coefficient (Wildman–Crippen LogP) is 2.67. The van der Waals surface area contributed by atoms with E-state index in [0.29, 0.717) is 43.1 Å². The van der Waals surface area contributed by atoms with Crippen LogP contribution in [0.15, 0.2) is 22.7 Å². The van der Waals surface area contributed by atoms with E-state index in [9.17, 15) is 9.59 Å². The normalized spacial score (nSPS) is 15.5. The highest BCUT2D eigenvalue weighted by Gasteiger charge is 2.31. The van der Waals surface area contributed by atoms with E-state index >= 15 is 0 Å². The molecule has 1 aliphatic heterocycles. The number of hydrogen-bond donors (Lipinski definition) is 1. The molecule has 0 unspecified atom stereocenters. The second-order valence-corrected chi connectivity index (χ2v) is 7.92. The fourth-order valence-electron chi connectivity index (χ4n) is 3.58. The number of hydrogen-bond acceptors (Lipinski definition) is 5. The summed E-state index contributed by atoms with van der Waals surface area (Å²) in [6.45, 7) is 5.93. The average molecular weight is 393 g/mol. The van der Waals surface area contributed by atoms with Crippen LogP contribution in [0.25, 0.3) is 11.0 Å². The molecule has 2 heterocycles. The summed E-state index contributed by atoms with van der Waals surface area (Å²) in [6, 6.07) is 5.42. The third-order valence-corrected chi connectivity index (χ3v) is 5.04. The number of carbonyl (C=O) groups is 2. The first kappa shape index (κ1) is 19.5. The van der Waals surface area contributed by atoms with Gasteiger partial charge in [0.2, 0.25) is 11.8 Å². The number of rotatable bonds is 6.